The molecule has 2 unspecified atom stereocenters. The Morgan fingerprint density at radius 3 is 2.36 bits per heavy atom. The molecule has 11 heteroatoms. The van der Waals surface area contributed by atoms with Gasteiger partial charge in [-0.1, -0.05) is 23.9 Å². The van der Waals surface area contributed by atoms with Crippen LogP contribution in [0, 0.1) is 10.1 Å². The van der Waals surface area contributed by atoms with Crippen LogP contribution >= 0.6 is 23.5 Å². The van der Waals surface area contributed by atoms with E-state index in [1.54, 1.807) is 37.9 Å². The van der Waals surface area contributed by atoms with Gasteiger partial charge in [-0.15, -0.1) is 11.8 Å². The van der Waals surface area contributed by atoms with E-state index in [9.17, 15) is 24.5 Å². The number of carbonyl (C=O) groups is 3. The molecule has 1 aliphatic rings. The molecule has 0 radical (unpaired) electrons. The number of non-ortho nitro benzene ring substituents is 1. The Morgan fingerprint density at radius 1 is 1.18 bits per heavy atom. The number of esters is 2. The Kier molecular flexibility index (Phi) is 9.54. The van der Waals surface area contributed by atoms with Gasteiger partial charge in [-0.2, -0.15) is 0 Å². The number of thioether (sulfide) groups is 2. The molecule has 0 saturated carbocycles. The van der Waals surface area contributed by atoms with Crippen LogP contribution in [0.3, 0.4) is 0 Å². The molecular weight excluding hydrogens is 468 g/mol. The second-order valence-corrected chi connectivity index (χ2v) is 9.34. The summed E-state index contributed by atoms with van der Waals surface area (Å²) in [6.45, 7) is 6.65. The van der Waals surface area contributed by atoms with Crippen molar-refractivity contribution in [3.8, 4) is 0 Å². The zero-order valence-electron chi connectivity index (χ0n) is 19.0. The molecule has 0 aliphatic carbocycles. The van der Waals surface area contributed by atoms with Gasteiger partial charge in [0.15, 0.2) is 5.12 Å². The number of hydrogen-bond donors (Lipinski definition) is 0. The summed E-state index contributed by atoms with van der Waals surface area (Å²) >= 11 is 2.41. The molecule has 33 heavy (non-hydrogen) atoms. The average molecular weight is 495 g/mol. The summed E-state index contributed by atoms with van der Waals surface area (Å²) in [7, 11) is 0. The first-order valence-electron chi connectivity index (χ1n) is 10.2. The van der Waals surface area contributed by atoms with Crippen LogP contribution in [0.25, 0.3) is 0 Å². The molecule has 0 bridgehead atoms. The molecule has 0 N–H and O–H groups in total. The molecule has 1 aromatic rings. The minimum atomic E-state index is -0.941. The number of nitro benzene ring substituents is 1. The highest BCUT2D eigenvalue weighted by atomic mass is 32.2. The molecule has 1 aromatic carbocycles. The van der Waals surface area contributed by atoms with Crippen molar-refractivity contribution in [1.29, 1.82) is 0 Å². The van der Waals surface area contributed by atoms with Crippen LogP contribution < -0.4 is 0 Å². The van der Waals surface area contributed by atoms with E-state index < -0.39 is 27.5 Å². The van der Waals surface area contributed by atoms with Crippen molar-refractivity contribution in [2.45, 2.75) is 38.3 Å². The summed E-state index contributed by atoms with van der Waals surface area (Å²) in [6.07, 6.45) is 3.36. The predicted octanol–water partition coefficient (Wildman–Crippen LogP) is 4.20. The fraction of sp³-hybridized carbons (Fsp3) is 0.409. The van der Waals surface area contributed by atoms with Gasteiger partial charge >= 0.3 is 11.9 Å². The fourth-order valence-electron chi connectivity index (χ4n) is 3.43. The molecule has 0 aromatic heterocycles. The van der Waals surface area contributed by atoms with Crippen molar-refractivity contribution in [2.75, 3.05) is 19.5 Å². The van der Waals surface area contributed by atoms with Crippen LogP contribution in [0.15, 0.2) is 47.3 Å². The molecule has 0 amide bonds. The predicted molar refractivity (Wildman–Crippen MR) is 127 cm³/mol. The number of hydrogen-bond acceptors (Lipinski definition) is 10. The molecule has 178 valence electrons. The van der Waals surface area contributed by atoms with Gasteiger partial charge in [0, 0.05) is 31.0 Å². The van der Waals surface area contributed by atoms with E-state index in [1.807, 2.05) is 6.26 Å². The SMILES string of the molecule is CCOC(=O)C1=CN(C(SC)SC(C)=O)C(C)=C(C(=O)OCC)C1c1cccc([N+](=O)[O-])c1. The lowest BCUT2D eigenvalue weighted by molar-refractivity contribution is -0.384. The summed E-state index contributed by atoms with van der Waals surface area (Å²) in [5.41, 5.74) is 0.963. The van der Waals surface area contributed by atoms with Gasteiger partial charge in [-0.25, -0.2) is 9.59 Å². The normalized spacial score (nSPS) is 16.7. The van der Waals surface area contributed by atoms with Gasteiger partial charge in [0.05, 0.1) is 35.2 Å². The standard InChI is InChI=1S/C22H26N2O7S2/c1-6-30-20(26)17-12-23(22(32-5)33-14(4)25)13(3)18(21(27)31-7-2)19(17)15-9-8-10-16(11-15)24(28)29/h8-12,19,22H,6-7H2,1-5H3. The van der Waals surface area contributed by atoms with E-state index in [2.05, 4.69) is 0 Å². The Labute approximate surface area is 200 Å². The number of rotatable bonds is 9. The average Bonchev–Trinajstić information content (AvgIpc) is 2.77. The Balaban J connectivity index is 2.79. The number of carbonyl (C=O) groups excluding carboxylic acids is 3. The van der Waals surface area contributed by atoms with Gasteiger partial charge in [-0.05, 0) is 32.6 Å². The fourth-order valence-corrected chi connectivity index (χ4v) is 5.28. The second kappa shape index (κ2) is 11.9. The first-order valence-corrected chi connectivity index (χ1v) is 12.3. The molecule has 1 heterocycles. The largest absolute Gasteiger partial charge is 0.463 e. The Bertz CT molecular complexity index is 1010. The lowest BCUT2D eigenvalue weighted by atomic mass is 9.81. The molecule has 0 saturated heterocycles. The van der Waals surface area contributed by atoms with Crippen LogP contribution in [0.1, 0.15) is 39.2 Å². The van der Waals surface area contributed by atoms with Crippen molar-refractivity contribution in [3.63, 3.8) is 0 Å². The highest BCUT2D eigenvalue weighted by molar-refractivity contribution is 8.24. The van der Waals surface area contributed by atoms with E-state index in [4.69, 9.17) is 9.47 Å². The maximum atomic E-state index is 13.1. The molecule has 1 aliphatic heterocycles. The van der Waals surface area contributed by atoms with Gasteiger partial charge in [0.1, 0.15) is 4.71 Å². The summed E-state index contributed by atoms with van der Waals surface area (Å²) in [5.74, 6) is -2.26. The van der Waals surface area contributed by atoms with E-state index in [0.717, 1.165) is 11.8 Å². The van der Waals surface area contributed by atoms with Crippen LogP contribution in [0.5, 0.6) is 0 Å². The van der Waals surface area contributed by atoms with Gasteiger partial charge in [0.2, 0.25) is 0 Å². The first kappa shape index (κ1) is 26.5. The van der Waals surface area contributed by atoms with Gasteiger partial charge in [0.25, 0.3) is 5.69 Å². The third-order valence-electron chi connectivity index (χ3n) is 4.77. The summed E-state index contributed by atoms with van der Waals surface area (Å²) in [4.78, 5) is 50.4. The lowest BCUT2D eigenvalue weighted by Crippen LogP contribution is -2.35. The number of nitro groups is 1. The minimum Gasteiger partial charge on any atom is -0.463 e. The maximum absolute atomic E-state index is 13.1. The van der Waals surface area contributed by atoms with Crippen LogP contribution in [-0.4, -0.2) is 51.1 Å². The maximum Gasteiger partial charge on any atom is 0.336 e. The number of benzene rings is 1. The van der Waals surface area contributed by atoms with Crippen molar-refractivity contribution in [3.05, 3.63) is 63.0 Å². The number of ether oxygens (including phenoxy) is 2. The third-order valence-corrected chi connectivity index (χ3v) is 7.03. The second-order valence-electron chi connectivity index (χ2n) is 6.87. The molecule has 0 spiro atoms. The third kappa shape index (κ3) is 6.17. The van der Waals surface area contributed by atoms with E-state index >= 15 is 0 Å². The van der Waals surface area contributed by atoms with E-state index in [1.165, 1.54) is 36.9 Å². The van der Waals surface area contributed by atoms with Crippen LogP contribution in [0.2, 0.25) is 0 Å². The molecule has 9 nitrogen and oxygen atoms in total. The number of allylic oxidation sites excluding steroid dienone is 1. The van der Waals surface area contributed by atoms with E-state index in [-0.39, 0.29) is 35.2 Å². The highest BCUT2D eigenvalue weighted by Crippen LogP contribution is 2.43. The molecular formula is C22H26N2O7S2. The molecule has 2 atom stereocenters. The molecule has 0 fully saturated rings. The van der Waals surface area contributed by atoms with Gasteiger partial charge < -0.3 is 14.4 Å². The number of nitrogens with zero attached hydrogens (tertiary/aromatic N) is 2. The Morgan fingerprint density at radius 2 is 1.82 bits per heavy atom. The first-order chi connectivity index (χ1) is 15.7. The van der Waals surface area contributed by atoms with Crippen molar-refractivity contribution < 1.29 is 28.8 Å². The summed E-state index contributed by atoms with van der Waals surface area (Å²) in [6, 6.07) is 5.77. The van der Waals surface area contributed by atoms with Crippen molar-refractivity contribution >= 4 is 46.3 Å². The monoisotopic (exact) mass is 494 g/mol. The van der Waals surface area contributed by atoms with Crippen molar-refractivity contribution in [2.24, 2.45) is 0 Å². The zero-order chi connectivity index (χ0) is 24.7. The van der Waals surface area contributed by atoms with Crippen LogP contribution in [0.4, 0.5) is 5.69 Å². The van der Waals surface area contributed by atoms with Crippen molar-refractivity contribution in [1.82, 2.24) is 4.90 Å². The lowest BCUT2D eigenvalue weighted by Gasteiger charge is -2.37. The van der Waals surface area contributed by atoms with Crippen LogP contribution in [-0.2, 0) is 23.9 Å². The quantitative estimate of drug-likeness (QED) is 0.214. The Hall–Kier alpha value is -2.79. The summed E-state index contributed by atoms with van der Waals surface area (Å²) in [5, 5.41) is 11.2. The topological polar surface area (TPSA) is 116 Å². The highest BCUT2D eigenvalue weighted by Gasteiger charge is 2.40. The molecule has 2 rings (SSSR count). The van der Waals surface area contributed by atoms with Gasteiger partial charge in [-0.3, -0.25) is 14.9 Å². The summed E-state index contributed by atoms with van der Waals surface area (Å²) < 4.78 is 10.1. The minimum absolute atomic E-state index is 0.101. The van der Waals surface area contributed by atoms with E-state index in [0.29, 0.717) is 11.3 Å². The smallest absolute Gasteiger partial charge is 0.336 e. The zero-order valence-corrected chi connectivity index (χ0v) is 20.7.